The van der Waals surface area contributed by atoms with Crippen LogP contribution in [0.4, 0.5) is 19.0 Å². The first-order valence-corrected chi connectivity index (χ1v) is 5.77. The van der Waals surface area contributed by atoms with Crippen molar-refractivity contribution in [2.24, 2.45) is 0 Å². The van der Waals surface area contributed by atoms with E-state index in [1.165, 1.54) is 4.90 Å². The molecule has 19 heavy (non-hydrogen) atoms. The standard InChI is InChI=1S/C13H12F3N3/c1-2-19(8-9-3-5-17-6-4-9)13-11(15)7-10(14)12(16)18-13/h3-7H,2,8H2,1H3. The van der Waals surface area contributed by atoms with Crippen LogP contribution in [0.1, 0.15) is 12.5 Å². The van der Waals surface area contributed by atoms with Crippen molar-refractivity contribution in [3.05, 3.63) is 53.7 Å². The molecule has 0 fully saturated rings. The van der Waals surface area contributed by atoms with Gasteiger partial charge in [0.05, 0.1) is 0 Å². The lowest BCUT2D eigenvalue weighted by Crippen LogP contribution is -2.25. The highest BCUT2D eigenvalue weighted by Crippen LogP contribution is 2.20. The smallest absolute Gasteiger partial charge is 0.251 e. The number of halogens is 3. The molecule has 0 aliphatic rings. The summed E-state index contributed by atoms with van der Waals surface area (Å²) in [6.07, 6.45) is 3.22. The Labute approximate surface area is 108 Å². The molecule has 100 valence electrons. The Morgan fingerprint density at radius 1 is 1.11 bits per heavy atom. The van der Waals surface area contributed by atoms with Crippen LogP contribution in [-0.4, -0.2) is 16.5 Å². The number of anilines is 1. The Hall–Kier alpha value is -2.11. The highest BCUT2D eigenvalue weighted by molar-refractivity contribution is 5.40. The van der Waals surface area contributed by atoms with Gasteiger partial charge in [-0.1, -0.05) is 0 Å². The average Bonchev–Trinajstić information content (AvgIpc) is 2.42. The second kappa shape index (κ2) is 5.69. The number of aromatic nitrogens is 2. The quantitative estimate of drug-likeness (QED) is 0.797. The van der Waals surface area contributed by atoms with Gasteiger partial charge in [-0.15, -0.1) is 0 Å². The largest absolute Gasteiger partial charge is 0.350 e. The van der Waals surface area contributed by atoms with Crippen molar-refractivity contribution in [3.8, 4) is 0 Å². The SMILES string of the molecule is CCN(Cc1ccncc1)c1nc(F)c(F)cc1F. The molecule has 0 aliphatic carbocycles. The van der Waals surface area contributed by atoms with Gasteiger partial charge in [-0.3, -0.25) is 4.98 Å². The normalized spacial score (nSPS) is 10.5. The molecule has 0 N–H and O–H groups in total. The van der Waals surface area contributed by atoms with E-state index in [1.54, 1.807) is 31.5 Å². The molecule has 2 aromatic rings. The second-order valence-corrected chi connectivity index (χ2v) is 3.94. The van der Waals surface area contributed by atoms with Crippen molar-refractivity contribution in [2.75, 3.05) is 11.4 Å². The van der Waals surface area contributed by atoms with Crippen molar-refractivity contribution in [2.45, 2.75) is 13.5 Å². The fourth-order valence-electron chi connectivity index (χ4n) is 1.70. The molecule has 0 bridgehead atoms. The molecule has 0 radical (unpaired) electrons. The molecule has 0 saturated carbocycles. The van der Waals surface area contributed by atoms with E-state index >= 15 is 0 Å². The average molecular weight is 267 g/mol. The number of pyridine rings is 2. The van der Waals surface area contributed by atoms with Gasteiger partial charge in [0.15, 0.2) is 17.5 Å². The third kappa shape index (κ3) is 3.01. The topological polar surface area (TPSA) is 29.0 Å². The predicted molar refractivity (Wildman–Crippen MR) is 65.1 cm³/mol. The van der Waals surface area contributed by atoms with Gasteiger partial charge in [0.2, 0.25) is 0 Å². The molecule has 0 aromatic carbocycles. The van der Waals surface area contributed by atoms with E-state index in [0.29, 0.717) is 19.2 Å². The lowest BCUT2D eigenvalue weighted by atomic mass is 10.2. The second-order valence-electron chi connectivity index (χ2n) is 3.94. The zero-order valence-electron chi connectivity index (χ0n) is 10.3. The van der Waals surface area contributed by atoms with E-state index in [0.717, 1.165) is 5.56 Å². The third-order valence-electron chi connectivity index (χ3n) is 2.67. The maximum atomic E-state index is 13.6. The first kappa shape index (κ1) is 13.3. The van der Waals surface area contributed by atoms with Gasteiger partial charge >= 0.3 is 0 Å². The van der Waals surface area contributed by atoms with Crippen molar-refractivity contribution >= 4 is 5.82 Å². The van der Waals surface area contributed by atoms with Crippen LogP contribution < -0.4 is 4.90 Å². The number of hydrogen-bond donors (Lipinski definition) is 0. The molecule has 0 unspecified atom stereocenters. The first-order valence-electron chi connectivity index (χ1n) is 5.77. The summed E-state index contributed by atoms with van der Waals surface area (Å²) < 4.78 is 39.6. The minimum atomic E-state index is -1.30. The zero-order chi connectivity index (χ0) is 13.8. The Kier molecular flexibility index (Phi) is 3.99. The monoisotopic (exact) mass is 267 g/mol. The van der Waals surface area contributed by atoms with E-state index in [-0.39, 0.29) is 5.82 Å². The van der Waals surface area contributed by atoms with Gasteiger partial charge in [-0.2, -0.15) is 9.37 Å². The van der Waals surface area contributed by atoms with Crippen LogP contribution in [0.15, 0.2) is 30.6 Å². The predicted octanol–water partition coefficient (Wildman–Crippen LogP) is 2.92. The molecule has 2 heterocycles. The fourth-order valence-corrected chi connectivity index (χ4v) is 1.70. The summed E-state index contributed by atoms with van der Waals surface area (Å²) in [6, 6.07) is 4.04. The van der Waals surface area contributed by atoms with Gasteiger partial charge in [0, 0.05) is 31.5 Å². The summed E-state index contributed by atoms with van der Waals surface area (Å²) in [5.74, 6) is -3.67. The lowest BCUT2D eigenvalue weighted by Gasteiger charge is -2.22. The van der Waals surface area contributed by atoms with E-state index in [4.69, 9.17) is 0 Å². The number of hydrogen-bond acceptors (Lipinski definition) is 3. The maximum absolute atomic E-state index is 13.6. The Bertz CT molecular complexity index is 561. The molecule has 3 nitrogen and oxygen atoms in total. The zero-order valence-corrected chi connectivity index (χ0v) is 10.3. The highest BCUT2D eigenvalue weighted by Gasteiger charge is 2.16. The molecule has 0 atom stereocenters. The van der Waals surface area contributed by atoms with Crippen LogP contribution in [0.5, 0.6) is 0 Å². The Morgan fingerprint density at radius 2 is 1.79 bits per heavy atom. The minimum Gasteiger partial charge on any atom is -0.350 e. The molecule has 0 amide bonds. The van der Waals surface area contributed by atoms with Crippen LogP contribution in [0.3, 0.4) is 0 Å². The van der Waals surface area contributed by atoms with Crippen molar-refractivity contribution in [3.63, 3.8) is 0 Å². The van der Waals surface area contributed by atoms with Crippen LogP contribution in [0, 0.1) is 17.6 Å². The summed E-state index contributed by atoms with van der Waals surface area (Å²) >= 11 is 0. The molecular weight excluding hydrogens is 255 g/mol. The van der Waals surface area contributed by atoms with Crippen LogP contribution in [0.2, 0.25) is 0 Å². The van der Waals surface area contributed by atoms with Crippen molar-refractivity contribution in [1.82, 2.24) is 9.97 Å². The van der Waals surface area contributed by atoms with Crippen molar-refractivity contribution in [1.29, 1.82) is 0 Å². The van der Waals surface area contributed by atoms with Crippen molar-refractivity contribution < 1.29 is 13.2 Å². The molecular formula is C13H12F3N3. The Balaban J connectivity index is 2.30. The van der Waals surface area contributed by atoms with E-state index in [1.807, 2.05) is 0 Å². The molecule has 6 heteroatoms. The van der Waals surface area contributed by atoms with Gasteiger partial charge < -0.3 is 4.90 Å². The molecule has 0 saturated heterocycles. The Morgan fingerprint density at radius 3 is 2.42 bits per heavy atom. The highest BCUT2D eigenvalue weighted by atomic mass is 19.2. The van der Waals surface area contributed by atoms with Gasteiger partial charge in [-0.05, 0) is 24.6 Å². The first-order chi connectivity index (χ1) is 9.11. The third-order valence-corrected chi connectivity index (χ3v) is 2.67. The van der Waals surface area contributed by atoms with Crippen LogP contribution >= 0.6 is 0 Å². The summed E-state index contributed by atoms with van der Waals surface area (Å²) in [5, 5.41) is 0. The molecule has 2 aromatic heterocycles. The van der Waals surface area contributed by atoms with Crippen LogP contribution in [-0.2, 0) is 6.54 Å². The lowest BCUT2D eigenvalue weighted by molar-refractivity contribution is 0.462. The molecule has 0 spiro atoms. The summed E-state index contributed by atoms with van der Waals surface area (Å²) in [4.78, 5) is 8.73. The minimum absolute atomic E-state index is 0.196. The molecule has 2 rings (SSSR count). The number of nitrogens with zero attached hydrogens (tertiary/aromatic N) is 3. The van der Waals surface area contributed by atoms with Gasteiger partial charge in [0.1, 0.15) is 0 Å². The number of rotatable bonds is 4. The van der Waals surface area contributed by atoms with E-state index in [9.17, 15) is 13.2 Å². The summed E-state index contributed by atoms with van der Waals surface area (Å²) in [7, 11) is 0. The maximum Gasteiger partial charge on any atom is 0.251 e. The summed E-state index contributed by atoms with van der Waals surface area (Å²) in [6.45, 7) is 2.54. The van der Waals surface area contributed by atoms with Gasteiger partial charge in [0.25, 0.3) is 5.95 Å². The van der Waals surface area contributed by atoms with Gasteiger partial charge in [-0.25, -0.2) is 8.78 Å². The van der Waals surface area contributed by atoms with E-state index < -0.39 is 17.6 Å². The van der Waals surface area contributed by atoms with Crippen LogP contribution in [0.25, 0.3) is 0 Å². The van der Waals surface area contributed by atoms with E-state index in [2.05, 4.69) is 9.97 Å². The molecule has 0 aliphatic heterocycles. The summed E-state index contributed by atoms with van der Waals surface area (Å²) in [5.41, 5.74) is 0.878. The fraction of sp³-hybridized carbons (Fsp3) is 0.231.